The Morgan fingerprint density at radius 1 is 0.833 bits per heavy atom. The van der Waals surface area contributed by atoms with Gasteiger partial charge in [0.25, 0.3) is 0 Å². The van der Waals surface area contributed by atoms with Crippen LogP contribution in [0.5, 0.6) is 0 Å². The van der Waals surface area contributed by atoms with Crippen LogP contribution in [-0.4, -0.2) is 102 Å². The molecule has 0 bridgehead atoms. The van der Waals surface area contributed by atoms with Gasteiger partial charge in [0.15, 0.2) is 6.04 Å². The number of rotatable bonds is 12. The Kier molecular flexibility index (Phi) is 12.0. The fourth-order valence-electron chi connectivity index (χ4n) is 1.86. The van der Waals surface area contributed by atoms with E-state index in [-0.39, 0.29) is 0 Å². The van der Waals surface area contributed by atoms with Crippen molar-refractivity contribution in [3.63, 3.8) is 0 Å². The molecule has 206 valence electrons. The molecule has 0 heterocycles. The van der Waals surface area contributed by atoms with Crippen LogP contribution < -0.4 is 21.7 Å². The molecule has 4 atom stereocenters. The first kappa shape index (κ1) is 32.3. The van der Waals surface area contributed by atoms with Crippen molar-refractivity contribution in [1.82, 2.24) is 16.0 Å². The van der Waals surface area contributed by atoms with E-state index >= 15 is 0 Å². The summed E-state index contributed by atoms with van der Waals surface area (Å²) < 4.78 is 81.1. The molecule has 3 amide bonds. The number of nitrogens with two attached hydrogens (primary N) is 1. The van der Waals surface area contributed by atoms with Crippen LogP contribution in [0.25, 0.3) is 0 Å². The van der Waals surface area contributed by atoms with Crippen molar-refractivity contribution in [2.24, 2.45) is 5.73 Å². The van der Waals surface area contributed by atoms with E-state index in [1.807, 2.05) is 5.32 Å². The second-order valence-electron chi connectivity index (χ2n) is 6.70. The lowest BCUT2D eigenvalue weighted by Crippen LogP contribution is -2.57. The highest BCUT2D eigenvalue weighted by Crippen LogP contribution is 2.17. The molecule has 0 rings (SSSR count). The summed E-state index contributed by atoms with van der Waals surface area (Å²) in [5, 5.41) is 23.2. The van der Waals surface area contributed by atoms with Gasteiger partial charge >= 0.3 is 30.3 Å². The quantitative estimate of drug-likeness (QED) is 0.108. The number of aliphatic carboxylic acids is 1. The van der Waals surface area contributed by atoms with Crippen LogP contribution in [-0.2, 0) is 38.2 Å². The summed E-state index contributed by atoms with van der Waals surface area (Å²) in [6.45, 7) is -2.99. The summed E-state index contributed by atoms with van der Waals surface area (Å²) in [7, 11) is 0. The molecule has 0 radical (unpaired) electrons. The Hall–Kier alpha value is -3.68. The molecule has 36 heavy (non-hydrogen) atoms. The monoisotopic (exact) mass is 542 g/mol. The number of aliphatic hydroxyl groups excluding tert-OH is 1. The van der Waals surface area contributed by atoms with Crippen LogP contribution in [0.15, 0.2) is 0 Å². The Bertz CT molecular complexity index is 848. The molecule has 7 N–H and O–H groups in total. The number of nitrogens with one attached hydrogen (secondary N) is 3. The third-order valence-electron chi connectivity index (χ3n) is 3.74. The number of carbonyl (C=O) groups excluding carboxylic acids is 5. The van der Waals surface area contributed by atoms with Crippen LogP contribution in [0.2, 0.25) is 0 Å². The van der Waals surface area contributed by atoms with E-state index in [1.165, 1.54) is 5.32 Å². The van der Waals surface area contributed by atoms with Crippen molar-refractivity contribution in [1.29, 1.82) is 0 Å². The molecule has 0 saturated carbocycles. The van der Waals surface area contributed by atoms with Gasteiger partial charge in [-0.05, 0) is 6.92 Å². The van der Waals surface area contributed by atoms with Crippen molar-refractivity contribution in [2.45, 2.75) is 43.5 Å². The average molecular weight is 542 g/mol. The third-order valence-corrected chi connectivity index (χ3v) is 3.74. The van der Waals surface area contributed by atoms with Crippen LogP contribution in [0.3, 0.4) is 0 Å². The number of hydrogen-bond donors (Lipinski definition) is 6. The Balaban J connectivity index is 5.41. The first-order valence-electron chi connectivity index (χ1n) is 9.29. The second-order valence-corrected chi connectivity index (χ2v) is 6.70. The number of ether oxygens (including phenoxy) is 2. The maximum absolute atomic E-state index is 12.3. The first-order chi connectivity index (χ1) is 16.3. The number of esters is 2. The van der Waals surface area contributed by atoms with E-state index in [0.29, 0.717) is 0 Å². The van der Waals surface area contributed by atoms with Crippen molar-refractivity contribution >= 4 is 35.6 Å². The summed E-state index contributed by atoms with van der Waals surface area (Å²) in [5.41, 5.74) is 5.29. The summed E-state index contributed by atoms with van der Waals surface area (Å²) in [6.07, 6.45) is -12.4. The number of alkyl halides is 6. The fraction of sp³-hybridized carbons (Fsp3) is 0.625. The molecule has 0 aliphatic rings. The number of carbonyl (C=O) groups is 6. The second kappa shape index (κ2) is 13.4. The van der Waals surface area contributed by atoms with Gasteiger partial charge in [-0.2, -0.15) is 26.3 Å². The normalized spacial score (nSPS) is 14.9. The molecule has 0 fully saturated rings. The van der Waals surface area contributed by atoms with E-state index < -0.39 is 92.0 Å². The maximum Gasteiger partial charge on any atom is 0.490 e. The zero-order valence-corrected chi connectivity index (χ0v) is 17.9. The molecular formula is C16H20F6N4O10. The van der Waals surface area contributed by atoms with Gasteiger partial charge in [0.1, 0.15) is 25.3 Å². The van der Waals surface area contributed by atoms with Crippen LogP contribution in [0, 0.1) is 0 Å². The molecule has 0 saturated heterocycles. The molecule has 14 nitrogen and oxygen atoms in total. The average Bonchev–Trinajstić information content (AvgIpc) is 2.74. The van der Waals surface area contributed by atoms with Crippen molar-refractivity contribution in [2.75, 3.05) is 19.8 Å². The number of aliphatic hydroxyl groups is 1. The minimum Gasteiger partial charge on any atom is -0.480 e. The lowest BCUT2D eigenvalue weighted by atomic mass is 10.2. The van der Waals surface area contributed by atoms with Crippen molar-refractivity contribution < 1.29 is 74.8 Å². The lowest BCUT2D eigenvalue weighted by molar-refractivity contribution is -0.201. The van der Waals surface area contributed by atoms with E-state index in [0.717, 1.165) is 6.92 Å². The molecule has 0 aromatic rings. The van der Waals surface area contributed by atoms with E-state index in [9.17, 15) is 60.2 Å². The summed E-state index contributed by atoms with van der Waals surface area (Å²) in [4.78, 5) is 68.6. The Morgan fingerprint density at radius 2 is 1.28 bits per heavy atom. The van der Waals surface area contributed by atoms with E-state index in [4.69, 9.17) is 10.8 Å². The number of amides is 3. The van der Waals surface area contributed by atoms with Gasteiger partial charge in [0.05, 0.1) is 12.6 Å². The number of carboxylic acid groups (broad SMARTS) is 1. The number of hydrogen-bond acceptors (Lipinski definition) is 10. The first-order valence-corrected chi connectivity index (χ1v) is 9.29. The summed E-state index contributed by atoms with van der Waals surface area (Å²) in [6, 6.07) is -6.16. The molecule has 0 unspecified atom stereocenters. The standard InChI is InChI=1S/C16H20F6N4O10/c1-5(27)9(23)11(30)24-2-8(28)25-6(3-35-13(33)15(17,18)19)10(29)26-7(12(31)32)4-36-14(34)16(20,21)22/h5-7,9,27H,2-4,23H2,1H3,(H,24,30)(H,25,28)(H,26,29)(H,31,32)/t5-,6-,7-,9-/m0/s1. The van der Waals surface area contributed by atoms with Gasteiger partial charge in [0.2, 0.25) is 17.7 Å². The largest absolute Gasteiger partial charge is 0.490 e. The Labute approximate surface area is 196 Å². The van der Waals surface area contributed by atoms with Gasteiger partial charge in [0, 0.05) is 0 Å². The molecular weight excluding hydrogens is 522 g/mol. The van der Waals surface area contributed by atoms with Gasteiger partial charge in [-0.3, -0.25) is 14.4 Å². The molecule has 0 aromatic carbocycles. The lowest BCUT2D eigenvalue weighted by Gasteiger charge is -2.22. The van der Waals surface area contributed by atoms with Crippen LogP contribution in [0.4, 0.5) is 26.3 Å². The highest BCUT2D eigenvalue weighted by molar-refractivity contribution is 5.93. The SMILES string of the molecule is C[C@H](O)[C@H](N)C(=O)NCC(=O)N[C@@H](COC(=O)C(F)(F)F)C(=O)N[C@@H](COC(=O)C(F)(F)F)C(=O)O. The number of halogens is 6. The zero-order valence-electron chi connectivity index (χ0n) is 17.9. The summed E-state index contributed by atoms with van der Waals surface area (Å²) in [5.74, 6) is -11.8. The van der Waals surface area contributed by atoms with E-state index in [1.54, 1.807) is 5.32 Å². The highest BCUT2D eigenvalue weighted by atomic mass is 19.4. The third kappa shape index (κ3) is 11.6. The predicted octanol–water partition coefficient (Wildman–Crippen LogP) is -2.92. The minimum atomic E-state index is -5.54. The minimum absolute atomic E-state index is 0.984. The topological polar surface area (TPSA) is 223 Å². The zero-order chi connectivity index (χ0) is 28.4. The molecule has 0 aliphatic carbocycles. The predicted molar refractivity (Wildman–Crippen MR) is 98.2 cm³/mol. The van der Waals surface area contributed by atoms with Gasteiger partial charge < -0.3 is 41.4 Å². The fourth-order valence-corrected chi connectivity index (χ4v) is 1.86. The van der Waals surface area contributed by atoms with Gasteiger partial charge in [-0.1, -0.05) is 0 Å². The number of carboxylic acids is 1. The maximum atomic E-state index is 12.3. The van der Waals surface area contributed by atoms with Gasteiger partial charge in [-0.25, -0.2) is 14.4 Å². The smallest absolute Gasteiger partial charge is 0.480 e. The van der Waals surface area contributed by atoms with Gasteiger partial charge in [-0.15, -0.1) is 0 Å². The van der Waals surface area contributed by atoms with Crippen molar-refractivity contribution in [3.05, 3.63) is 0 Å². The van der Waals surface area contributed by atoms with E-state index in [2.05, 4.69) is 9.47 Å². The van der Waals surface area contributed by atoms with Crippen LogP contribution >= 0.6 is 0 Å². The summed E-state index contributed by atoms with van der Waals surface area (Å²) >= 11 is 0. The Morgan fingerprint density at radius 3 is 1.67 bits per heavy atom. The molecule has 20 heteroatoms. The molecule has 0 aliphatic heterocycles. The highest BCUT2D eigenvalue weighted by Gasteiger charge is 2.43. The molecule has 0 spiro atoms. The molecule has 0 aromatic heterocycles. The van der Waals surface area contributed by atoms with Crippen LogP contribution in [0.1, 0.15) is 6.92 Å². The van der Waals surface area contributed by atoms with Crippen molar-refractivity contribution in [3.8, 4) is 0 Å².